The molecule has 1 amide bonds. The Balaban J connectivity index is 1.93. The first-order valence-electron chi connectivity index (χ1n) is 9.65. The minimum absolute atomic E-state index is 0.0142. The van der Waals surface area contributed by atoms with Crippen LogP contribution < -0.4 is 4.90 Å². The zero-order valence-electron chi connectivity index (χ0n) is 17.2. The van der Waals surface area contributed by atoms with Crippen LogP contribution in [0.5, 0.6) is 0 Å². The molecule has 29 heavy (non-hydrogen) atoms. The van der Waals surface area contributed by atoms with Gasteiger partial charge in [-0.25, -0.2) is 4.98 Å². The minimum Gasteiger partial charge on any atom is -0.309 e. The van der Waals surface area contributed by atoms with E-state index < -0.39 is 0 Å². The lowest BCUT2D eigenvalue weighted by Gasteiger charge is -2.21. The van der Waals surface area contributed by atoms with Crippen molar-refractivity contribution in [3.05, 3.63) is 52.5 Å². The maximum atomic E-state index is 13.4. The molecular formula is C22H26ClN3OS2. The van der Waals surface area contributed by atoms with Crippen molar-refractivity contribution < 1.29 is 4.79 Å². The molecule has 7 heteroatoms. The first-order chi connectivity index (χ1) is 13.9. The van der Waals surface area contributed by atoms with Gasteiger partial charge >= 0.3 is 0 Å². The lowest BCUT2D eigenvalue weighted by molar-refractivity contribution is 0.0986. The van der Waals surface area contributed by atoms with E-state index in [0.29, 0.717) is 17.1 Å². The van der Waals surface area contributed by atoms with Gasteiger partial charge < -0.3 is 4.90 Å². The Kier molecular flexibility index (Phi) is 7.57. The summed E-state index contributed by atoms with van der Waals surface area (Å²) in [7, 11) is 4.08. The Labute approximate surface area is 185 Å². The first kappa shape index (κ1) is 22.1. The molecule has 0 saturated carbocycles. The van der Waals surface area contributed by atoms with Crippen LogP contribution in [0, 0.1) is 6.92 Å². The molecule has 0 saturated heterocycles. The van der Waals surface area contributed by atoms with Gasteiger partial charge in [0.25, 0.3) is 5.91 Å². The Hall–Kier alpha value is -1.60. The van der Waals surface area contributed by atoms with Crippen LogP contribution in [0.4, 0.5) is 5.13 Å². The molecule has 0 aliphatic heterocycles. The van der Waals surface area contributed by atoms with Crippen LogP contribution in [0.3, 0.4) is 0 Å². The smallest absolute Gasteiger partial charge is 0.260 e. The van der Waals surface area contributed by atoms with Gasteiger partial charge in [-0.2, -0.15) is 0 Å². The number of thioether (sulfide) groups is 1. The molecule has 4 nitrogen and oxygen atoms in total. The molecule has 0 fully saturated rings. The van der Waals surface area contributed by atoms with Crippen LogP contribution in [-0.4, -0.2) is 48.7 Å². The Morgan fingerprint density at radius 2 is 1.90 bits per heavy atom. The molecule has 2 aromatic carbocycles. The van der Waals surface area contributed by atoms with Gasteiger partial charge in [0.15, 0.2) is 5.13 Å². The number of nitrogens with zero attached hydrogens (tertiary/aromatic N) is 3. The normalized spacial score (nSPS) is 11.4. The number of carbonyl (C=O) groups excluding carboxylic acids is 1. The lowest BCUT2D eigenvalue weighted by Crippen LogP contribution is -2.33. The van der Waals surface area contributed by atoms with E-state index in [1.54, 1.807) is 11.8 Å². The monoisotopic (exact) mass is 447 g/mol. The molecule has 1 heterocycles. The second-order valence-electron chi connectivity index (χ2n) is 7.14. The van der Waals surface area contributed by atoms with E-state index in [1.165, 1.54) is 16.2 Å². The number of thiazole rings is 1. The van der Waals surface area contributed by atoms with Crippen LogP contribution in [0.1, 0.15) is 29.3 Å². The molecule has 1 aromatic heterocycles. The lowest BCUT2D eigenvalue weighted by atomic mass is 10.2. The van der Waals surface area contributed by atoms with Crippen molar-refractivity contribution in [1.82, 2.24) is 9.88 Å². The molecule has 154 valence electrons. The fourth-order valence-corrected chi connectivity index (χ4v) is 5.21. The molecule has 3 rings (SSSR count). The molecule has 0 N–H and O–H groups in total. The number of rotatable bonds is 8. The number of benzene rings is 2. The number of aryl methyl sites for hydroxylation is 1. The number of hydrogen-bond donors (Lipinski definition) is 0. The third-order valence-electron chi connectivity index (χ3n) is 4.51. The maximum absolute atomic E-state index is 13.4. The molecule has 0 atom stereocenters. The van der Waals surface area contributed by atoms with Crippen molar-refractivity contribution in [3.8, 4) is 0 Å². The Morgan fingerprint density at radius 3 is 2.55 bits per heavy atom. The topological polar surface area (TPSA) is 36.4 Å². The third-order valence-corrected chi connectivity index (χ3v) is 6.65. The Morgan fingerprint density at radius 1 is 1.17 bits per heavy atom. The number of amides is 1. The van der Waals surface area contributed by atoms with Crippen molar-refractivity contribution in [2.75, 3.05) is 37.8 Å². The van der Waals surface area contributed by atoms with Gasteiger partial charge in [-0.15, -0.1) is 11.8 Å². The van der Waals surface area contributed by atoms with Crippen molar-refractivity contribution >= 4 is 56.0 Å². The van der Waals surface area contributed by atoms with E-state index in [-0.39, 0.29) is 5.91 Å². The first-order valence-corrected chi connectivity index (χ1v) is 11.8. The Bertz CT molecular complexity index is 986. The predicted octanol–water partition coefficient (Wildman–Crippen LogP) is 5.97. The van der Waals surface area contributed by atoms with Crippen LogP contribution in [0.15, 0.2) is 41.3 Å². The predicted molar refractivity (Wildman–Crippen MR) is 127 cm³/mol. The third kappa shape index (κ3) is 5.51. The second-order valence-corrected chi connectivity index (χ2v) is 9.92. The summed E-state index contributed by atoms with van der Waals surface area (Å²) in [4.78, 5) is 23.3. The highest BCUT2D eigenvalue weighted by Gasteiger charge is 2.22. The van der Waals surface area contributed by atoms with E-state index in [1.807, 2.05) is 62.3 Å². The summed E-state index contributed by atoms with van der Waals surface area (Å²) in [6.07, 6.45) is 0.873. The maximum Gasteiger partial charge on any atom is 0.260 e. The van der Waals surface area contributed by atoms with Gasteiger partial charge in [0, 0.05) is 22.0 Å². The number of carbonyl (C=O) groups is 1. The van der Waals surface area contributed by atoms with Crippen LogP contribution in [0.25, 0.3) is 10.2 Å². The van der Waals surface area contributed by atoms with Gasteiger partial charge in [0.1, 0.15) is 0 Å². The second kappa shape index (κ2) is 9.94. The summed E-state index contributed by atoms with van der Waals surface area (Å²) in [5.41, 5.74) is 2.62. The van der Waals surface area contributed by atoms with Gasteiger partial charge in [-0.3, -0.25) is 9.69 Å². The van der Waals surface area contributed by atoms with Crippen LogP contribution in [-0.2, 0) is 0 Å². The van der Waals surface area contributed by atoms with Gasteiger partial charge in [-0.05, 0) is 81.7 Å². The van der Waals surface area contributed by atoms with Crippen molar-refractivity contribution in [2.24, 2.45) is 0 Å². The zero-order valence-corrected chi connectivity index (χ0v) is 19.6. The average Bonchev–Trinajstić information content (AvgIpc) is 3.09. The van der Waals surface area contributed by atoms with E-state index in [9.17, 15) is 4.79 Å². The molecule has 0 spiro atoms. The van der Waals surface area contributed by atoms with E-state index in [4.69, 9.17) is 16.6 Å². The molecule has 0 radical (unpaired) electrons. The fourth-order valence-electron chi connectivity index (χ4n) is 3.10. The summed E-state index contributed by atoms with van der Waals surface area (Å²) in [5, 5.41) is 1.42. The SMILES string of the molecule is CCSc1ccc(C(=O)N(CCCN(C)C)c2nc3c(C)cc(Cl)cc3s2)cc1. The highest BCUT2D eigenvalue weighted by atomic mass is 35.5. The number of hydrogen-bond acceptors (Lipinski definition) is 5. The number of anilines is 1. The zero-order chi connectivity index (χ0) is 21.0. The van der Waals surface area contributed by atoms with Gasteiger partial charge in [-0.1, -0.05) is 29.9 Å². The standard InChI is InChI=1S/C22H26ClN3OS2/c1-5-28-18-9-7-16(8-10-18)21(27)26(12-6-11-25(3)4)22-24-20-15(2)13-17(23)14-19(20)29-22/h7-10,13-14H,5-6,11-12H2,1-4H3. The molecule has 0 aliphatic rings. The summed E-state index contributed by atoms with van der Waals surface area (Å²) < 4.78 is 1.00. The number of fused-ring (bicyclic) bond motifs is 1. The average molecular weight is 448 g/mol. The summed E-state index contributed by atoms with van der Waals surface area (Å²) >= 11 is 9.51. The van der Waals surface area contributed by atoms with E-state index in [0.717, 1.165) is 39.6 Å². The van der Waals surface area contributed by atoms with Crippen molar-refractivity contribution in [1.29, 1.82) is 0 Å². The highest BCUT2D eigenvalue weighted by molar-refractivity contribution is 7.99. The van der Waals surface area contributed by atoms with E-state index in [2.05, 4.69) is 11.8 Å². The number of halogens is 1. The van der Waals surface area contributed by atoms with Gasteiger partial charge in [0.2, 0.25) is 0 Å². The quantitative estimate of drug-likeness (QED) is 0.398. The molecule has 3 aromatic rings. The number of aromatic nitrogens is 1. The highest BCUT2D eigenvalue weighted by Crippen LogP contribution is 2.34. The van der Waals surface area contributed by atoms with Crippen LogP contribution >= 0.6 is 34.7 Å². The summed E-state index contributed by atoms with van der Waals surface area (Å²) in [6, 6.07) is 11.7. The largest absolute Gasteiger partial charge is 0.309 e. The molecule has 0 bridgehead atoms. The minimum atomic E-state index is -0.0142. The fraction of sp³-hybridized carbons (Fsp3) is 0.364. The molecule has 0 unspecified atom stereocenters. The summed E-state index contributed by atoms with van der Waals surface area (Å²) in [6.45, 7) is 5.65. The van der Waals surface area contributed by atoms with Crippen molar-refractivity contribution in [3.63, 3.8) is 0 Å². The summed E-state index contributed by atoms with van der Waals surface area (Å²) in [5.74, 6) is 0.997. The van der Waals surface area contributed by atoms with Crippen LogP contribution in [0.2, 0.25) is 5.02 Å². The van der Waals surface area contributed by atoms with E-state index >= 15 is 0 Å². The van der Waals surface area contributed by atoms with Crippen molar-refractivity contribution in [2.45, 2.75) is 25.2 Å². The van der Waals surface area contributed by atoms with Gasteiger partial charge in [0.05, 0.1) is 10.2 Å². The molecule has 0 aliphatic carbocycles. The molecular weight excluding hydrogens is 422 g/mol.